The summed E-state index contributed by atoms with van der Waals surface area (Å²) in [5.41, 5.74) is 4.81. The molecule has 1 aromatic heterocycles. The highest BCUT2D eigenvalue weighted by molar-refractivity contribution is 5.84. The Morgan fingerprint density at radius 2 is 1.48 bits per heavy atom. The van der Waals surface area contributed by atoms with E-state index in [0.717, 1.165) is 18.9 Å². The van der Waals surface area contributed by atoms with Crippen LogP contribution in [0, 0.1) is 0 Å². The van der Waals surface area contributed by atoms with Crippen LogP contribution in [0.25, 0.3) is 0 Å². The van der Waals surface area contributed by atoms with Crippen LogP contribution >= 0.6 is 0 Å². The molecule has 114 valence electrons. The first-order valence-electron chi connectivity index (χ1n) is 8.01. The Labute approximate surface area is 136 Å². The maximum atomic E-state index is 4.75. The molecular weight excluding hydrogens is 282 g/mol. The molecule has 0 radical (unpaired) electrons. The fraction of sp³-hybridized carbons (Fsp3) is 0.150. The molecule has 3 heteroatoms. The van der Waals surface area contributed by atoms with Gasteiger partial charge >= 0.3 is 0 Å². The minimum Gasteiger partial charge on any atom is -0.320 e. The second-order valence-electron chi connectivity index (χ2n) is 5.71. The van der Waals surface area contributed by atoms with Crippen LogP contribution < -0.4 is 9.80 Å². The number of hydrogen-bond donors (Lipinski definition) is 0. The quantitative estimate of drug-likeness (QED) is 0.686. The zero-order chi connectivity index (χ0) is 15.6. The SMILES string of the molecule is CCc1cnc2c(c1)N(c1ccccc1)CN2c1ccccc1. The number of aromatic nitrogens is 1. The summed E-state index contributed by atoms with van der Waals surface area (Å²) in [6.07, 6.45) is 2.98. The van der Waals surface area contributed by atoms with Gasteiger partial charge in [0.25, 0.3) is 0 Å². The Hall–Kier alpha value is -2.81. The number of anilines is 4. The van der Waals surface area contributed by atoms with Crippen LogP contribution in [0.2, 0.25) is 0 Å². The zero-order valence-electron chi connectivity index (χ0n) is 13.2. The zero-order valence-corrected chi connectivity index (χ0v) is 13.2. The summed E-state index contributed by atoms with van der Waals surface area (Å²) >= 11 is 0. The van der Waals surface area contributed by atoms with Crippen LogP contribution in [-0.2, 0) is 6.42 Å². The van der Waals surface area contributed by atoms with Gasteiger partial charge < -0.3 is 9.80 Å². The molecule has 1 aliphatic rings. The first-order chi connectivity index (χ1) is 11.4. The summed E-state index contributed by atoms with van der Waals surface area (Å²) in [6.45, 7) is 2.95. The molecule has 0 spiro atoms. The lowest BCUT2D eigenvalue weighted by atomic mass is 10.2. The van der Waals surface area contributed by atoms with Gasteiger partial charge in [0, 0.05) is 17.6 Å². The fourth-order valence-corrected chi connectivity index (χ4v) is 3.01. The first kappa shape index (κ1) is 13.8. The smallest absolute Gasteiger partial charge is 0.158 e. The van der Waals surface area contributed by atoms with Crippen molar-refractivity contribution in [3.8, 4) is 0 Å². The summed E-state index contributed by atoms with van der Waals surface area (Å²) in [6, 6.07) is 23.2. The van der Waals surface area contributed by atoms with Crippen molar-refractivity contribution >= 4 is 22.9 Å². The van der Waals surface area contributed by atoms with Crippen molar-refractivity contribution in [3.05, 3.63) is 78.5 Å². The van der Waals surface area contributed by atoms with E-state index in [4.69, 9.17) is 4.98 Å². The second kappa shape index (κ2) is 5.76. The number of aryl methyl sites for hydroxylation is 1. The Balaban J connectivity index is 1.83. The summed E-state index contributed by atoms with van der Waals surface area (Å²) in [5, 5.41) is 0. The average Bonchev–Trinajstić information content (AvgIpc) is 3.02. The Kier molecular flexibility index (Phi) is 3.46. The van der Waals surface area contributed by atoms with Crippen molar-refractivity contribution in [2.24, 2.45) is 0 Å². The molecule has 0 N–H and O–H groups in total. The number of benzene rings is 2. The van der Waals surface area contributed by atoms with E-state index in [1.165, 1.54) is 22.6 Å². The molecule has 23 heavy (non-hydrogen) atoms. The van der Waals surface area contributed by atoms with Gasteiger partial charge in [0.05, 0.1) is 5.69 Å². The number of nitrogens with zero attached hydrogens (tertiary/aromatic N) is 3. The van der Waals surface area contributed by atoms with Crippen molar-refractivity contribution in [1.82, 2.24) is 4.98 Å². The topological polar surface area (TPSA) is 19.4 Å². The third-order valence-corrected chi connectivity index (χ3v) is 4.28. The van der Waals surface area contributed by atoms with Crippen molar-refractivity contribution in [3.63, 3.8) is 0 Å². The number of para-hydroxylation sites is 2. The monoisotopic (exact) mass is 301 g/mol. The van der Waals surface area contributed by atoms with E-state index in [1.54, 1.807) is 0 Å². The molecule has 0 saturated carbocycles. The van der Waals surface area contributed by atoms with Gasteiger partial charge in [-0.2, -0.15) is 0 Å². The standard InChI is InChI=1S/C20H19N3/c1-2-16-13-19-20(21-14-16)23(18-11-7-4-8-12-18)15-22(19)17-9-5-3-6-10-17/h3-14H,2,15H2,1H3. The molecule has 3 aromatic rings. The summed E-state index contributed by atoms with van der Waals surface area (Å²) in [7, 11) is 0. The van der Waals surface area contributed by atoms with Gasteiger partial charge in [-0.15, -0.1) is 0 Å². The largest absolute Gasteiger partial charge is 0.320 e. The highest BCUT2D eigenvalue weighted by atomic mass is 15.4. The molecule has 0 amide bonds. The Morgan fingerprint density at radius 3 is 2.09 bits per heavy atom. The minimum atomic E-state index is 0.781. The van der Waals surface area contributed by atoms with Crippen molar-refractivity contribution in [2.75, 3.05) is 16.5 Å². The predicted octanol–water partition coefficient (Wildman–Crippen LogP) is 4.89. The fourth-order valence-electron chi connectivity index (χ4n) is 3.01. The van der Waals surface area contributed by atoms with Crippen molar-refractivity contribution < 1.29 is 0 Å². The van der Waals surface area contributed by atoms with Crippen LogP contribution in [0.5, 0.6) is 0 Å². The van der Waals surface area contributed by atoms with Crippen molar-refractivity contribution in [2.45, 2.75) is 13.3 Å². The molecule has 0 fully saturated rings. The average molecular weight is 301 g/mol. The molecule has 2 aromatic carbocycles. The van der Waals surface area contributed by atoms with E-state index in [9.17, 15) is 0 Å². The molecule has 0 unspecified atom stereocenters. The molecule has 0 bridgehead atoms. The maximum Gasteiger partial charge on any atom is 0.158 e. The molecule has 4 rings (SSSR count). The molecule has 1 aliphatic heterocycles. The lowest BCUT2D eigenvalue weighted by molar-refractivity contribution is 0.981. The first-order valence-corrected chi connectivity index (χ1v) is 8.01. The number of rotatable bonds is 3. The summed E-state index contributed by atoms with van der Waals surface area (Å²) in [4.78, 5) is 9.34. The minimum absolute atomic E-state index is 0.781. The van der Waals surface area contributed by atoms with E-state index in [0.29, 0.717) is 0 Å². The third-order valence-electron chi connectivity index (χ3n) is 4.28. The number of pyridine rings is 1. The van der Waals surface area contributed by atoms with Crippen LogP contribution in [0.15, 0.2) is 72.9 Å². The van der Waals surface area contributed by atoms with Crippen LogP contribution in [0.4, 0.5) is 22.9 Å². The van der Waals surface area contributed by atoms with Gasteiger partial charge in [-0.1, -0.05) is 43.3 Å². The number of hydrogen-bond acceptors (Lipinski definition) is 3. The van der Waals surface area contributed by atoms with Gasteiger partial charge in [-0.05, 0) is 42.3 Å². The van der Waals surface area contributed by atoms with E-state index >= 15 is 0 Å². The summed E-state index contributed by atoms with van der Waals surface area (Å²) in [5.74, 6) is 1.03. The highest BCUT2D eigenvalue weighted by Gasteiger charge is 2.29. The van der Waals surface area contributed by atoms with Gasteiger partial charge in [-0.25, -0.2) is 4.98 Å². The van der Waals surface area contributed by atoms with Gasteiger partial charge in [-0.3, -0.25) is 0 Å². The van der Waals surface area contributed by atoms with Gasteiger partial charge in [0.2, 0.25) is 0 Å². The van der Waals surface area contributed by atoms with E-state index in [-0.39, 0.29) is 0 Å². The third kappa shape index (κ3) is 2.44. The Bertz CT molecular complexity index is 800. The van der Waals surface area contributed by atoms with Crippen LogP contribution in [-0.4, -0.2) is 11.7 Å². The lowest BCUT2D eigenvalue weighted by Gasteiger charge is -2.21. The van der Waals surface area contributed by atoms with E-state index in [2.05, 4.69) is 77.4 Å². The van der Waals surface area contributed by atoms with Crippen LogP contribution in [0.1, 0.15) is 12.5 Å². The van der Waals surface area contributed by atoms with E-state index in [1.807, 2.05) is 12.3 Å². The maximum absolute atomic E-state index is 4.75. The van der Waals surface area contributed by atoms with Gasteiger partial charge in [0.1, 0.15) is 6.67 Å². The molecule has 2 heterocycles. The second-order valence-corrected chi connectivity index (χ2v) is 5.71. The molecule has 3 nitrogen and oxygen atoms in total. The Morgan fingerprint density at radius 1 is 0.870 bits per heavy atom. The lowest BCUT2D eigenvalue weighted by Crippen LogP contribution is -2.23. The van der Waals surface area contributed by atoms with Crippen LogP contribution in [0.3, 0.4) is 0 Å². The normalized spacial score (nSPS) is 13.3. The highest BCUT2D eigenvalue weighted by Crippen LogP contribution is 2.42. The van der Waals surface area contributed by atoms with Crippen molar-refractivity contribution in [1.29, 1.82) is 0 Å². The number of fused-ring (bicyclic) bond motifs is 1. The van der Waals surface area contributed by atoms with E-state index < -0.39 is 0 Å². The molecular formula is C20H19N3. The summed E-state index contributed by atoms with van der Waals surface area (Å²) < 4.78 is 0. The molecule has 0 saturated heterocycles. The van der Waals surface area contributed by atoms with Gasteiger partial charge in [0.15, 0.2) is 5.82 Å². The molecule has 0 atom stereocenters. The predicted molar refractivity (Wildman–Crippen MR) is 95.6 cm³/mol. The molecule has 0 aliphatic carbocycles.